The summed E-state index contributed by atoms with van der Waals surface area (Å²) in [6.45, 7) is 4.90. The largest absolute Gasteiger partial charge is 0.366 e. The maximum Gasteiger partial charge on any atom is 0.251 e. The lowest BCUT2D eigenvalue weighted by Crippen LogP contribution is -2.44. The monoisotopic (exact) mass is 483 g/mol. The van der Waals surface area contributed by atoms with Gasteiger partial charge in [0.1, 0.15) is 5.82 Å². The number of aromatic nitrogens is 3. The number of amides is 1. The number of H-pyrrole nitrogens is 1. The number of primary amides is 1. The number of carbonyl (C=O) groups excluding carboxylic acids is 1. The molecule has 2 aromatic heterocycles. The predicted molar refractivity (Wildman–Crippen MR) is 139 cm³/mol. The van der Waals surface area contributed by atoms with Crippen LogP contribution >= 0.6 is 0 Å². The van der Waals surface area contributed by atoms with Gasteiger partial charge in [-0.3, -0.25) is 14.8 Å². The van der Waals surface area contributed by atoms with Gasteiger partial charge in [-0.05, 0) is 93.4 Å². The first-order valence-electron chi connectivity index (χ1n) is 12.7. The Hall–Kier alpha value is -3.58. The molecule has 1 saturated heterocycles. The number of hydrogen-bond donors (Lipinski definition) is 2. The number of carbonyl (C=O) groups is 1. The van der Waals surface area contributed by atoms with E-state index in [9.17, 15) is 9.18 Å². The van der Waals surface area contributed by atoms with E-state index in [1.165, 1.54) is 62.0 Å². The smallest absolute Gasteiger partial charge is 0.251 e. The van der Waals surface area contributed by atoms with Crippen LogP contribution < -0.4 is 5.73 Å². The highest BCUT2D eigenvalue weighted by atomic mass is 19.1. The minimum absolute atomic E-state index is 0.132. The fourth-order valence-corrected chi connectivity index (χ4v) is 5.94. The van der Waals surface area contributed by atoms with Gasteiger partial charge in [-0.15, -0.1) is 0 Å². The minimum Gasteiger partial charge on any atom is -0.366 e. The fraction of sp³-hybridized carbons (Fsp3) is 0.345. The molecular formula is C29H30FN5O. The van der Waals surface area contributed by atoms with Gasteiger partial charge in [0.05, 0.1) is 11.3 Å². The van der Waals surface area contributed by atoms with Crippen LogP contribution in [0.5, 0.6) is 0 Å². The first kappa shape index (κ1) is 22.9. The van der Waals surface area contributed by atoms with Gasteiger partial charge in [0.2, 0.25) is 0 Å². The number of nitrogens with two attached hydrogens (primary N) is 1. The summed E-state index contributed by atoms with van der Waals surface area (Å²) >= 11 is 0. The van der Waals surface area contributed by atoms with E-state index in [-0.39, 0.29) is 11.1 Å². The molecule has 0 radical (unpaired) electrons. The lowest BCUT2D eigenvalue weighted by Gasteiger charge is -2.38. The first-order valence-corrected chi connectivity index (χ1v) is 12.7. The molecule has 3 heterocycles. The molecule has 1 aliphatic carbocycles. The molecule has 4 aromatic rings. The number of likely N-dealkylation sites (tertiary alicyclic amines) is 1. The summed E-state index contributed by atoms with van der Waals surface area (Å²) < 4.78 is 14.4. The van der Waals surface area contributed by atoms with Crippen LogP contribution in [0.1, 0.15) is 54.1 Å². The Morgan fingerprint density at radius 1 is 1.00 bits per heavy atom. The molecule has 36 heavy (non-hydrogen) atoms. The first-order chi connectivity index (χ1) is 17.4. The van der Waals surface area contributed by atoms with E-state index in [1.54, 1.807) is 6.07 Å². The zero-order chi connectivity index (χ0) is 24.9. The highest BCUT2D eigenvalue weighted by Gasteiger charge is 2.34. The summed E-state index contributed by atoms with van der Waals surface area (Å²) in [7, 11) is 0. The quantitative estimate of drug-likeness (QED) is 0.388. The summed E-state index contributed by atoms with van der Waals surface area (Å²) in [6, 6.07) is 13.2. The number of nitrogens with one attached hydrogen (secondary N) is 1. The van der Waals surface area contributed by atoms with Gasteiger partial charge in [-0.1, -0.05) is 24.3 Å². The van der Waals surface area contributed by atoms with Crippen molar-refractivity contribution in [3.63, 3.8) is 0 Å². The molecule has 0 bridgehead atoms. The summed E-state index contributed by atoms with van der Waals surface area (Å²) in [6.07, 6.45) is 9.06. The standard InChI is InChI=1S/C29H30FN5O/c1-29(35-12-2-3-13-35)10-8-18-4-5-19(14-20(18)9-11-29)22-15-24-26(33-34-28(24)32-17-22)21-6-7-23(27(31)36)25(30)16-21/h4-7,14-17H,2-3,8-13H2,1H3,(H2,31,36)(H,32,33,34). The Labute approximate surface area is 209 Å². The Kier molecular flexibility index (Phi) is 5.60. The van der Waals surface area contributed by atoms with Crippen LogP contribution in [0, 0.1) is 5.82 Å². The molecule has 0 saturated carbocycles. The van der Waals surface area contributed by atoms with Crippen molar-refractivity contribution in [2.75, 3.05) is 13.1 Å². The maximum absolute atomic E-state index is 14.4. The number of aromatic amines is 1. The van der Waals surface area contributed by atoms with E-state index in [1.807, 2.05) is 12.3 Å². The summed E-state index contributed by atoms with van der Waals surface area (Å²) in [5.41, 5.74) is 12.2. The van der Waals surface area contributed by atoms with E-state index in [0.717, 1.165) is 29.4 Å². The molecule has 3 N–H and O–H groups in total. The van der Waals surface area contributed by atoms with Crippen molar-refractivity contribution in [1.82, 2.24) is 20.1 Å². The molecular weight excluding hydrogens is 453 g/mol. The number of rotatable bonds is 4. The third-order valence-electron chi connectivity index (χ3n) is 8.21. The van der Waals surface area contributed by atoms with E-state index >= 15 is 0 Å². The third kappa shape index (κ3) is 3.97. The minimum atomic E-state index is -0.790. The van der Waals surface area contributed by atoms with E-state index in [2.05, 4.69) is 45.2 Å². The van der Waals surface area contributed by atoms with Crippen molar-refractivity contribution in [3.8, 4) is 22.4 Å². The number of fused-ring (bicyclic) bond motifs is 2. The summed E-state index contributed by atoms with van der Waals surface area (Å²) in [5.74, 6) is -1.44. The second kappa shape index (κ2) is 8.82. The van der Waals surface area contributed by atoms with Crippen LogP contribution in [0.4, 0.5) is 4.39 Å². The van der Waals surface area contributed by atoms with Crippen molar-refractivity contribution in [3.05, 3.63) is 71.2 Å². The average Bonchev–Trinajstić information content (AvgIpc) is 3.53. The third-order valence-corrected chi connectivity index (χ3v) is 8.21. The molecule has 1 unspecified atom stereocenters. The van der Waals surface area contributed by atoms with Gasteiger partial charge in [0.15, 0.2) is 5.65 Å². The van der Waals surface area contributed by atoms with Gasteiger partial charge in [-0.25, -0.2) is 9.37 Å². The van der Waals surface area contributed by atoms with Crippen molar-refractivity contribution >= 4 is 16.9 Å². The van der Waals surface area contributed by atoms with E-state index in [0.29, 0.717) is 16.9 Å². The van der Waals surface area contributed by atoms with Gasteiger partial charge in [0, 0.05) is 28.2 Å². The van der Waals surface area contributed by atoms with Crippen LogP contribution in [0.25, 0.3) is 33.4 Å². The van der Waals surface area contributed by atoms with E-state index < -0.39 is 11.7 Å². The Morgan fingerprint density at radius 3 is 2.50 bits per heavy atom. The number of benzene rings is 2. The molecule has 1 fully saturated rings. The summed E-state index contributed by atoms with van der Waals surface area (Å²) in [5, 5.41) is 8.08. The van der Waals surface area contributed by atoms with Crippen molar-refractivity contribution in [1.29, 1.82) is 0 Å². The number of nitrogens with zero attached hydrogens (tertiary/aromatic N) is 3. The Balaban J connectivity index is 1.32. The topological polar surface area (TPSA) is 87.9 Å². The molecule has 184 valence electrons. The second-order valence-corrected chi connectivity index (χ2v) is 10.4. The second-order valence-electron chi connectivity index (χ2n) is 10.4. The van der Waals surface area contributed by atoms with Gasteiger partial charge < -0.3 is 5.73 Å². The van der Waals surface area contributed by atoms with Crippen LogP contribution in [0.15, 0.2) is 48.7 Å². The SMILES string of the molecule is CC1(N2CCCC2)CCc2ccc(-c3cnc4n[nH]c(-c5ccc(C(N)=O)c(F)c5)c4c3)cc2CC1. The van der Waals surface area contributed by atoms with Crippen molar-refractivity contribution in [2.24, 2.45) is 5.73 Å². The number of hydrogen-bond acceptors (Lipinski definition) is 4. The molecule has 1 atom stereocenters. The molecule has 2 aromatic carbocycles. The van der Waals surface area contributed by atoms with Crippen LogP contribution in [0.2, 0.25) is 0 Å². The number of pyridine rings is 1. The van der Waals surface area contributed by atoms with Crippen LogP contribution in [0.3, 0.4) is 0 Å². The molecule has 7 heteroatoms. The zero-order valence-electron chi connectivity index (χ0n) is 20.5. The Bertz CT molecular complexity index is 1470. The number of aryl methyl sites for hydroxylation is 2. The predicted octanol–water partition coefficient (Wildman–Crippen LogP) is 5.26. The molecule has 6 nitrogen and oxygen atoms in total. The highest BCUT2D eigenvalue weighted by molar-refractivity contribution is 5.96. The van der Waals surface area contributed by atoms with E-state index in [4.69, 9.17) is 5.73 Å². The van der Waals surface area contributed by atoms with Gasteiger partial charge >= 0.3 is 0 Å². The molecule has 1 aliphatic heterocycles. The molecule has 0 spiro atoms. The molecule has 1 amide bonds. The normalized spacial score (nSPS) is 20.4. The number of halogens is 1. The maximum atomic E-state index is 14.4. The lowest BCUT2D eigenvalue weighted by atomic mass is 9.90. The van der Waals surface area contributed by atoms with Gasteiger partial charge in [0.25, 0.3) is 5.91 Å². The Morgan fingerprint density at radius 2 is 1.75 bits per heavy atom. The zero-order valence-corrected chi connectivity index (χ0v) is 20.5. The highest BCUT2D eigenvalue weighted by Crippen LogP contribution is 2.36. The van der Waals surface area contributed by atoms with Crippen molar-refractivity contribution < 1.29 is 9.18 Å². The van der Waals surface area contributed by atoms with Crippen LogP contribution in [-0.4, -0.2) is 44.6 Å². The average molecular weight is 484 g/mol. The van der Waals surface area contributed by atoms with Crippen LogP contribution in [-0.2, 0) is 12.8 Å². The lowest BCUT2D eigenvalue weighted by molar-refractivity contribution is 0.0996. The summed E-state index contributed by atoms with van der Waals surface area (Å²) in [4.78, 5) is 18.7. The van der Waals surface area contributed by atoms with Crippen molar-refractivity contribution in [2.45, 2.75) is 51.0 Å². The molecule has 2 aliphatic rings. The van der Waals surface area contributed by atoms with Gasteiger partial charge in [-0.2, -0.15) is 5.10 Å². The fourth-order valence-electron chi connectivity index (χ4n) is 5.94. The molecule has 6 rings (SSSR count).